The molecule has 3 rings (SSSR count). The lowest BCUT2D eigenvalue weighted by molar-refractivity contribution is -0.350. The lowest BCUT2D eigenvalue weighted by atomic mass is 10.0. The summed E-state index contributed by atoms with van der Waals surface area (Å²) in [6, 6.07) is 11.4. The van der Waals surface area contributed by atoms with Gasteiger partial charge in [0.1, 0.15) is 11.4 Å². The van der Waals surface area contributed by atoms with Gasteiger partial charge >= 0.3 is 5.69 Å². The second-order valence-corrected chi connectivity index (χ2v) is 5.20. The van der Waals surface area contributed by atoms with E-state index in [1.807, 2.05) is 50.2 Å². The average molecular weight is 282 g/mol. The third-order valence-electron chi connectivity index (χ3n) is 3.48. The van der Waals surface area contributed by atoms with Crippen LogP contribution in [0.25, 0.3) is 22.2 Å². The summed E-state index contributed by atoms with van der Waals surface area (Å²) in [7, 11) is 0. The maximum atomic E-state index is 12.3. The van der Waals surface area contributed by atoms with E-state index >= 15 is 0 Å². The highest BCUT2D eigenvalue weighted by molar-refractivity contribution is 5.90. The van der Waals surface area contributed by atoms with Gasteiger partial charge in [-0.2, -0.15) is 4.57 Å². The molecule has 2 aromatic heterocycles. The topological polar surface area (TPSA) is 69.0 Å². The van der Waals surface area contributed by atoms with Crippen LogP contribution in [-0.4, -0.2) is 9.55 Å². The molecule has 2 heterocycles. The van der Waals surface area contributed by atoms with Gasteiger partial charge in [-0.05, 0) is 25.5 Å². The molecule has 0 amide bonds. The van der Waals surface area contributed by atoms with Crippen LogP contribution < -0.4 is 16.2 Å². The summed E-state index contributed by atoms with van der Waals surface area (Å²) >= 11 is 0. The number of nitrogens with one attached hydrogen (secondary N) is 2. The van der Waals surface area contributed by atoms with Gasteiger partial charge in [-0.25, -0.2) is 9.78 Å². The molecule has 106 valence electrons. The molecule has 0 atom stereocenters. The second-order valence-electron chi connectivity index (χ2n) is 5.20. The Morgan fingerprint density at radius 3 is 2.48 bits per heavy atom. The Labute approximate surface area is 120 Å². The Kier molecular flexibility index (Phi) is 3.17. The van der Waals surface area contributed by atoms with E-state index in [4.69, 9.17) is 0 Å². The monoisotopic (exact) mass is 282 g/mol. The van der Waals surface area contributed by atoms with Gasteiger partial charge in [0, 0.05) is 5.56 Å². The van der Waals surface area contributed by atoms with Gasteiger partial charge in [-0.1, -0.05) is 30.3 Å². The van der Waals surface area contributed by atoms with Crippen LogP contribution in [0.1, 0.15) is 19.9 Å². The maximum Gasteiger partial charge on any atom is 0.416 e. The van der Waals surface area contributed by atoms with Crippen LogP contribution in [-0.2, 0) is 0 Å². The fourth-order valence-corrected chi connectivity index (χ4v) is 2.58. The first-order chi connectivity index (χ1) is 10.1. The number of hydrogen-bond acceptors (Lipinski definition) is 2. The summed E-state index contributed by atoms with van der Waals surface area (Å²) in [5.74, 6) is 0. The van der Waals surface area contributed by atoms with Crippen molar-refractivity contribution in [2.75, 3.05) is 0 Å². The minimum absolute atomic E-state index is 0.0564. The van der Waals surface area contributed by atoms with Crippen LogP contribution in [0.5, 0.6) is 0 Å². The molecule has 0 unspecified atom stereocenters. The first-order valence-corrected chi connectivity index (χ1v) is 6.84. The summed E-state index contributed by atoms with van der Waals surface area (Å²) in [6.07, 6.45) is 1.75. The van der Waals surface area contributed by atoms with Gasteiger partial charge < -0.3 is 0 Å². The van der Waals surface area contributed by atoms with Gasteiger partial charge in [0.05, 0.1) is 6.20 Å². The molecule has 0 spiro atoms. The van der Waals surface area contributed by atoms with Gasteiger partial charge in [0.2, 0.25) is 0 Å². The largest absolute Gasteiger partial charge is 0.416 e. The molecule has 0 radical (unpaired) electrons. The first kappa shape index (κ1) is 13.3. The molecule has 2 N–H and O–H groups in total. The third-order valence-corrected chi connectivity index (χ3v) is 3.48. The summed E-state index contributed by atoms with van der Waals surface area (Å²) in [4.78, 5) is 29.8. The van der Waals surface area contributed by atoms with Crippen molar-refractivity contribution in [3.05, 3.63) is 63.4 Å². The molecule has 0 aliphatic carbocycles. The third kappa shape index (κ3) is 2.16. The molecule has 21 heavy (non-hydrogen) atoms. The van der Waals surface area contributed by atoms with E-state index in [2.05, 4.69) is 9.97 Å². The van der Waals surface area contributed by atoms with E-state index in [0.29, 0.717) is 11.0 Å². The normalized spacial score (nSPS) is 11.2. The molecular weight excluding hydrogens is 266 g/mol. The summed E-state index contributed by atoms with van der Waals surface area (Å²) in [6.45, 7) is 3.81. The quantitative estimate of drug-likeness (QED) is 0.778. The van der Waals surface area contributed by atoms with E-state index < -0.39 is 5.69 Å². The van der Waals surface area contributed by atoms with E-state index in [9.17, 15) is 9.59 Å². The van der Waals surface area contributed by atoms with Crippen LogP contribution in [0.2, 0.25) is 0 Å². The number of H-pyrrole nitrogens is 2. The summed E-state index contributed by atoms with van der Waals surface area (Å²) in [5.41, 5.74) is 1.52. The SMILES string of the molecule is CC(C)n1c(=O)[nH]c(=O)c2c(-c3ccccc3)cc[nH+]c21. The Balaban J connectivity index is 2.48. The molecule has 5 heteroatoms. The predicted octanol–water partition coefficient (Wildman–Crippen LogP) is 1.75. The molecule has 0 fully saturated rings. The second kappa shape index (κ2) is 5.01. The fourth-order valence-electron chi connectivity index (χ4n) is 2.58. The lowest BCUT2D eigenvalue weighted by Crippen LogP contribution is -2.34. The van der Waals surface area contributed by atoms with Gasteiger partial charge in [0.25, 0.3) is 11.2 Å². The van der Waals surface area contributed by atoms with E-state index in [0.717, 1.165) is 11.1 Å². The number of hydrogen-bond donors (Lipinski definition) is 1. The van der Waals surface area contributed by atoms with Crippen molar-refractivity contribution in [1.82, 2.24) is 9.55 Å². The Morgan fingerprint density at radius 1 is 1.10 bits per heavy atom. The number of nitrogens with zero attached hydrogens (tertiary/aromatic N) is 1. The fraction of sp³-hybridized carbons (Fsp3) is 0.188. The molecular formula is C16H16N3O2+. The maximum absolute atomic E-state index is 12.3. The first-order valence-electron chi connectivity index (χ1n) is 6.84. The van der Waals surface area contributed by atoms with Gasteiger partial charge in [-0.15, -0.1) is 0 Å². The van der Waals surface area contributed by atoms with Crippen molar-refractivity contribution in [2.45, 2.75) is 19.9 Å². The molecule has 5 nitrogen and oxygen atoms in total. The molecule has 0 aliphatic rings. The van der Waals surface area contributed by atoms with Crippen LogP contribution in [0.15, 0.2) is 52.2 Å². The van der Waals surface area contributed by atoms with E-state index in [-0.39, 0.29) is 11.6 Å². The van der Waals surface area contributed by atoms with Crippen molar-refractivity contribution >= 4 is 11.0 Å². The number of pyridine rings is 1. The van der Waals surface area contributed by atoms with E-state index in [1.165, 1.54) is 0 Å². The molecule has 0 saturated carbocycles. The highest BCUT2D eigenvalue weighted by atomic mass is 16.2. The van der Waals surface area contributed by atoms with Crippen molar-refractivity contribution in [3.8, 4) is 11.1 Å². The van der Waals surface area contributed by atoms with Crippen molar-refractivity contribution in [2.24, 2.45) is 0 Å². The number of rotatable bonds is 2. The molecule has 0 saturated heterocycles. The van der Waals surface area contributed by atoms with Crippen LogP contribution in [0, 0.1) is 0 Å². The van der Waals surface area contributed by atoms with Crippen molar-refractivity contribution in [1.29, 1.82) is 0 Å². The molecule has 3 aromatic rings. The minimum Gasteiger partial charge on any atom is -0.268 e. The molecule has 0 bridgehead atoms. The van der Waals surface area contributed by atoms with Crippen LogP contribution in [0.4, 0.5) is 0 Å². The lowest BCUT2D eigenvalue weighted by Gasteiger charge is -2.08. The Hall–Kier alpha value is -2.69. The standard InChI is InChI=1S/C16H15N3O2/c1-10(2)19-14-13(15(20)18-16(19)21)12(8-9-17-14)11-6-4-3-5-7-11/h3-10H,1-2H3,(H,18,20,21)/p+1. The zero-order valence-corrected chi connectivity index (χ0v) is 11.9. The smallest absolute Gasteiger partial charge is 0.268 e. The minimum atomic E-state index is -0.399. The molecule has 1 aromatic carbocycles. The van der Waals surface area contributed by atoms with Crippen molar-refractivity contribution < 1.29 is 4.98 Å². The Bertz CT molecular complexity index is 908. The van der Waals surface area contributed by atoms with E-state index in [1.54, 1.807) is 10.8 Å². The summed E-state index contributed by atoms with van der Waals surface area (Å²) < 4.78 is 1.56. The van der Waals surface area contributed by atoms with Gasteiger partial charge in [-0.3, -0.25) is 9.78 Å². The van der Waals surface area contributed by atoms with Gasteiger partial charge in [0.15, 0.2) is 0 Å². The number of aromatic amines is 2. The summed E-state index contributed by atoms with van der Waals surface area (Å²) in [5, 5.41) is 0.497. The zero-order chi connectivity index (χ0) is 15.0. The zero-order valence-electron chi connectivity index (χ0n) is 11.9. The highest BCUT2D eigenvalue weighted by Gasteiger charge is 2.20. The predicted molar refractivity (Wildman–Crippen MR) is 81.2 cm³/mol. The highest BCUT2D eigenvalue weighted by Crippen LogP contribution is 2.23. The Morgan fingerprint density at radius 2 is 1.81 bits per heavy atom. The molecule has 0 aliphatic heterocycles. The average Bonchev–Trinajstić information content (AvgIpc) is 2.47. The number of fused-ring (bicyclic) bond motifs is 1. The number of aromatic nitrogens is 3. The van der Waals surface area contributed by atoms with Crippen LogP contribution >= 0.6 is 0 Å². The van der Waals surface area contributed by atoms with Crippen molar-refractivity contribution in [3.63, 3.8) is 0 Å². The number of benzene rings is 1. The van der Waals surface area contributed by atoms with Crippen LogP contribution in [0.3, 0.4) is 0 Å².